The van der Waals surface area contributed by atoms with E-state index >= 15 is 0 Å². The summed E-state index contributed by atoms with van der Waals surface area (Å²) in [7, 11) is 0. The minimum absolute atomic E-state index is 0.0713. The molecule has 0 amide bonds. The number of ether oxygens (including phenoxy) is 2. The Bertz CT molecular complexity index is 669. The number of phenolic OH excluding ortho intramolecular Hbond substituents is 1. The van der Waals surface area contributed by atoms with E-state index in [0.29, 0.717) is 5.75 Å². The van der Waals surface area contributed by atoms with Crippen LogP contribution in [0.15, 0.2) is 48.5 Å². The van der Waals surface area contributed by atoms with Crippen LogP contribution in [0.4, 0.5) is 4.39 Å². The topological polar surface area (TPSA) is 76.0 Å². The van der Waals surface area contributed by atoms with Crippen LogP contribution in [0.5, 0.6) is 11.5 Å². The fourth-order valence-electron chi connectivity index (χ4n) is 2.01. The van der Waals surface area contributed by atoms with Crippen molar-refractivity contribution in [2.75, 3.05) is 6.61 Å². The Morgan fingerprint density at radius 3 is 2.33 bits per heavy atom. The summed E-state index contributed by atoms with van der Waals surface area (Å²) >= 11 is 0. The highest BCUT2D eigenvalue weighted by atomic mass is 19.1. The Morgan fingerprint density at radius 1 is 1.12 bits per heavy atom. The van der Waals surface area contributed by atoms with Crippen LogP contribution in [-0.2, 0) is 16.1 Å². The van der Waals surface area contributed by atoms with E-state index in [9.17, 15) is 19.4 Å². The molecule has 2 N–H and O–H groups in total. The number of aliphatic carboxylic acids is 1. The lowest BCUT2D eigenvalue weighted by Crippen LogP contribution is -2.42. The molecule has 5 nitrogen and oxygen atoms in total. The number of hydrogen-bond donors (Lipinski definition) is 2. The van der Waals surface area contributed by atoms with Gasteiger partial charge in [-0.2, -0.15) is 0 Å². The van der Waals surface area contributed by atoms with Crippen molar-refractivity contribution >= 4 is 5.97 Å². The lowest BCUT2D eigenvalue weighted by molar-refractivity contribution is -0.155. The fraction of sp³-hybridized carbons (Fsp3) is 0.278. The minimum atomic E-state index is -1.46. The number of carbonyl (C=O) groups is 1. The van der Waals surface area contributed by atoms with Crippen LogP contribution in [0, 0.1) is 5.82 Å². The Balaban J connectivity index is 1.89. The number of carboxylic acids is 1. The number of benzene rings is 2. The minimum Gasteiger partial charge on any atom is -0.508 e. The van der Waals surface area contributed by atoms with Crippen molar-refractivity contribution in [2.45, 2.75) is 25.6 Å². The van der Waals surface area contributed by atoms with Gasteiger partial charge in [-0.1, -0.05) is 12.1 Å². The third-order valence-corrected chi connectivity index (χ3v) is 3.54. The highest BCUT2D eigenvalue weighted by molar-refractivity contribution is 5.77. The van der Waals surface area contributed by atoms with Crippen LogP contribution < -0.4 is 4.74 Å². The Hall–Kier alpha value is -2.60. The lowest BCUT2D eigenvalue weighted by atomic mass is 10.0. The molecule has 0 aliphatic heterocycles. The summed E-state index contributed by atoms with van der Waals surface area (Å²) in [5.41, 5.74) is -0.660. The van der Waals surface area contributed by atoms with E-state index in [1.54, 1.807) is 12.1 Å². The molecule has 0 spiro atoms. The Labute approximate surface area is 139 Å². The third kappa shape index (κ3) is 4.96. The van der Waals surface area contributed by atoms with Gasteiger partial charge >= 0.3 is 5.97 Å². The van der Waals surface area contributed by atoms with Gasteiger partial charge in [0, 0.05) is 6.42 Å². The van der Waals surface area contributed by atoms with Crippen LogP contribution in [0.25, 0.3) is 0 Å². The average Bonchev–Trinajstić information content (AvgIpc) is 2.55. The number of aromatic hydroxyl groups is 1. The summed E-state index contributed by atoms with van der Waals surface area (Å²) < 4.78 is 23.8. The van der Waals surface area contributed by atoms with E-state index in [0.717, 1.165) is 5.56 Å². The molecule has 2 aromatic carbocycles. The molecule has 2 rings (SSSR count). The normalized spacial score (nSPS) is 13.2. The van der Waals surface area contributed by atoms with Crippen LogP contribution in [-0.4, -0.2) is 28.4 Å². The number of hydrogen-bond acceptors (Lipinski definition) is 4. The molecule has 0 aliphatic rings. The molecule has 1 atom stereocenters. The summed E-state index contributed by atoms with van der Waals surface area (Å²) in [5, 5.41) is 18.7. The molecule has 0 bridgehead atoms. The van der Waals surface area contributed by atoms with Crippen molar-refractivity contribution in [1.82, 2.24) is 0 Å². The predicted molar refractivity (Wildman–Crippen MR) is 85.4 cm³/mol. The smallest absolute Gasteiger partial charge is 0.347 e. The van der Waals surface area contributed by atoms with Crippen molar-refractivity contribution in [3.05, 3.63) is 59.9 Å². The van der Waals surface area contributed by atoms with E-state index in [1.165, 1.54) is 43.3 Å². The zero-order valence-corrected chi connectivity index (χ0v) is 13.2. The molecule has 0 aliphatic carbocycles. The molecule has 0 saturated carbocycles. The van der Waals surface area contributed by atoms with Crippen LogP contribution >= 0.6 is 0 Å². The van der Waals surface area contributed by atoms with Crippen molar-refractivity contribution < 1.29 is 28.9 Å². The van der Waals surface area contributed by atoms with Crippen molar-refractivity contribution in [2.24, 2.45) is 0 Å². The molecule has 24 heavy (non-hydrogen) atoms. The number of rotatable bonds is 8. The van der Waals surface area contributed by atoms with Gasteiger partial charge in [0.2, 0.25) is 5.60 Å². The van der Waals surface area contributed by atoms with E-state index in [1.807, 2.05) is 0 Å². The SMILES string of the molecule is CC(CCOCc1ccc(F)cc1)(Oc1ccc(O)cc1)C(=O)O. The largest absolute Gasteiger partial charge is 0.508 e. The molecule has 0 heterocycles. The van der Waals surface area contributed by atoms with Gasteiger partial charge in [0.15, 0.2) is 0 Å². The summed E-state index contributed by atoms with van der Waals surface area (Å²) in [6.07, 6.45) is 0.129. The molecule has 2 aromatic rings. The first kappa shape index (κ1) is 17.7. The van der Waals surface area contributed by atoms with Gasteiger partial charge in [-0.3, -0.25) is 0 Å². The number of carboxylic acid groups (broad SMARTS) is 1. The highest BCUT2D eigenvalue weighted by Gasteiger charge is 2.35. The first-order valence-corrected chi connectivity index (χ1v) is 7.43. The summed E-state index contributed by atoms with van der Waals surface area (Å²) in [6, 6.07) is 11.7. The summed E-state index contributed by atoms with van der Waals surface area (Å²) in [6.45, 7) is 1.89. The van der Waals surface area contributed by atoms with Crippen molar-refractivity contribution in [3.63, 3.8) is 0 Å². The van der Waals surface area contributed by atoms with Gasteiger partial charge < -0.3 is 19.7 Å². The lowest BCUT2D eigenvalue weighted by Gasteiger charge is -2.26. The van der Waals surface area contributed by atoms with Gasteiger partial charge in [0.1, 0.15) is 17.3 Å². The maximum absolute atomic E-state index is 12.8. The Kier molecular flexibility index (Phi) is 5.76. The van der Waals surface area contributed by atoms with Crippen molar-refractivity contribution in [3.8, 4) is 11.5 Å². The zero-order valence-electron chi connectivity index (χ0n) is 13.2. The first-order valence-electron chi connectivity index (χ1n) is 7.43. The predicted octanol–water partition coefficient (Wildman–Crippen LogP) is 3.36. The van der Waals surface area contributed by atoms with E-state index < -0.39 is 11.6 Å². The van der Waals surface area contributed by atoms with Gasteiger partial charge in [-0.25, -0.2) is 9.18 Å². The van der Waals surface area contributed by atoms with Gasteiger partial charge in [0.05, 0.1) is 13.2 Å². The first-order chi connectivity index (χ1) is 11.4. The average molecular weight is 334 g/mol. The second kappa shape index (κ2) is 7.79. The quantitative estimate of drug-likeness (QED) is 0.724. The van der Waals surface area contributed by atoms with Crippen LogP contribution in [0.1, 0.15) is 18.9 Å². The molecule has 0 saturated heterocycles. The standard InChI is InChI=1S/C18H19FO5/c1-18(17(21)22,24-16-8-6-15(20)7-9-16)10-11-23-12-13-2-4-14(19)5-3-13/h2-9,20H,10-12H2,1H3,(H,21,22). The van der Waals surface area contributed by atoms with Crippen LogP contribution in [0.3, 0.4) is 0 Å². The van der Waals surface area contributed by atoms with Crippen molar-refractivity contribution in [1.29, 1.82) is 0 Å². The fourth-order valence-corrected chi connectivity index (χ4v) is 2.01. The van der Waals surface area contributed by atoms with E-state index in [2.05, 4.69) is 0 Å². The summed E-state index contributed by atoms with van der Waals surface area (Å²) in [4.78, 5) is 11.5. The highest BCUT2D eigenvalue weighted by Crippen LogP contribution is 2.24. The van der Waals surface area contributed by atoms with Crippen LogP contribution in [0.2, 0.25) is 0 Å². The number of halogens is 1. The maximum Gasteiger partial charge on any atom is 0.347 e. The zero-order chi connectivity index (χ0) is 17.6. The number of phenols is 1. The molecule has 6 heteroatoms. The molecule has 1 unspecified atom stereocenters. The van der Waals surface area contributed by atoms with Gasteiger partial charge in [-0.05, 0) is 48.9 Å². The van der Waals surface area contributed by atoms with E-state index in [4.69, 9.17) is 9.47 Å². The molecule has 0 fully saturated rings. The van der Waals surface area contributed by atoms with Gasteiger partial charge in [-0.15, -0.1) is 0 Å². The molecular weight excluding hydrogens is 315 g/mol. The third-order valence-electron chi connectivity index (χ3n) is 3.54. The second-order valence-corrected chi connectivity index (χ2v) is 5.56. The second-order valence-electron chi connectivity index (χ2n) is 5.56. The van der Waals surface area contributed by atoms with Gasteiger partial charge in [0.25, 0.3) is 0 Å². The van der Waals surface area contributed by atoms with E-state index in [-0.39, 0.29) is 31.2 Å². The summed E-state index contributed by atoms with van der Waals surface area (Å²) in [5.74, 6) is -1.02. The molecule has 128 valence electrons. The monoisotopic (exact) mass is 334 g/mol. The molecule has 0 radical (unpaired) electrons. The molecular formula is C18H19FO5. The Morgan fingerprint density at radius 2 is 1.75 bits per heavy atom. The molecule has 0 aromatic heterocycles. The maximum atomic E-state index is 12.8.